The fourth-order valence-electron chi connectivity index (χ4n) is 2.94. The van der Waals surface area contributed by atoms with E-state index in [-0.39, 0.29) is 42.3 Å². The maximum atomic E-state index is 12.3. The van der Waals surface area contributed by atoms with Crippen molar-refractivity contribution < 1.29 is 14.3 Å². The van der Waals surface area contributed by atoms with E-state index >= 15 is 0 Å². The van der Waals surface area contributed by atoms with Crippen molar-refractivity contribution in [2.45, 2.75) is 26.0 Å². The molecule has 0 aliphatic carbocycles. The van der Waals surface area contributed by atoms with E-state index < -0.39 is 0 Å². The number of rotatable bonds is 9. The molecule has 0 radical (unpaired) electrons. The van der Waals surface area contributed by atoms with Gasteiger partial charge in [-0.2, -0.15) is 0 Å². The molecule has 6 heteroatoms. The highest BCUT2D eigenvalue weighted by molar-refractivity contribution is 5.97. The number of Topliss-reactive ketones (excluding diaryl/α,β-unsaturated/α-hetero) is 1. The minimum atomic E-state index is -0.243. The van der Waals surface area contributed by atoms with Crippen molar-refractivity contribution in [3.8, 4) is 5.75 Å². The van der Waals surface area contributed by atoms with Gasteiger partial charge in [0, 0.05) is 37.2 Å². The van der Waals surface area contributed by atoms with E-state index in [1.165, 1.54) is 6.07 Å². The van der Waals surface area contributed by atoms with E-state index in [1.54, 1.807) is 42.1 Å². The summed E-state index contributed by atoms with van der Waals surface area (Å²) < 4.78 is 7.38. The minimum Gasteiger partial charge on any atom is -0.483 e. The minimum absolute atomic E-state index is 0.0712. The number of aryl methyl sites for hydroxylation is 1. The molecule has 0 fully saturated rings. The van der Waals surface area contributed by atoms with Crippen LogP contribution in [0.1, 0.15) is 34.5 Å². The summed E-state index contributed by atoms with van der Waals surface area (Å²) in [5.41, 5.74) is 1.97. The van der Waals surface area contributed by atoms with Crippen LogP contribution in [0.25, 0.3) is 0 Å². The summed E-state index contributed by atoms with van der Waals surface area (Å²) in [6, 6.07) is 19.9. The number of ketones is 1. The SMILES string of the molecule is Cn1cc(OCc2ccccc2)c(=O)cc1CNC(=O)CCC(=O)c1ccccc1. The number of pyridine rings is 1. The first-order valence-electron chi connectivity index (χ1n) is 9.74. The highest BCUT2D eigenvalue weighted by Crippen LogP contribution is 2.09. The smallest absolute Gasteiger partial charge is 0.223 e. The van der Waals surface area contributed by atoms with Gasteiger partial charge in [0.1, 0.15) is 6.61 Å². The Morgan fingerprint density at radius 1 is 0.967 bits per heavy atom. The lowest BCUT2D eigenvalue weighted by molar-refractivity contribution is -0.121. The van der Waals surface area contributed by atoms with Gasteiger partial charge in [-0.25, -0.2) is 0 Å². The summed E-state index contributed by atoms with van der Waals surface area (Å²) in [6.07, 6.45) is 1.85. The highest BCUT2D eigenvalue weighted by Gasteiger charge is 2.11. The van der Waals surface area contributed by atoms with Crippen LogP contribution in [0.2, 0.25) is 0 Å². The van der Waals surface area contributed by atoms with E-state index in [4.69, 9.17) is 4.74 Å². The quantitative estimate of drug-likeness (QED) is 0.556. The molecule has 0 spiro atoms. The van der Waals surface area contributed by atoms with Gasteiger partial charge in [0.15, 0.2) is 11.5 Å². The van der Waals surface area contributed by atoms with Gasteiger partial charge in [-0.1, -0.05) is 60.7 Å². The molecule has 0 aliphatic heterocycles. The average Bonchev–Trinajstić information content (AvgIpc) is 2.78. The molecular formula is C24H24N2O4. The molecule has 0 saturated carbocycles. The monoisotopic (exact) mass is 404 g/mol. The molecule has 0 aliphatic rings. The molecule has 0 bridgehead atoms. The standard InChI is InChI=1S/C24H24N2O4/c1-26-16-23(30-17-18-8-4-2-5-9-18)22(28)14-20(26)15-25-24(29)13-12-21(27)19-10-6-3-7-11-19/h2-11,14,16H,12-13,15,17H2,1H3,(H,25,29). The molecule has 0 unspecified atom stereocenters. The lowest BCUT2D eigenvalue weighted by Gasteiger charge is -2.12. The third-order valence-corrected chi connectivity index (χ3v) is 4.68. The predicted molar refractivity (Wildman–Crippen MR) is 114 cm³/mol. The molecule has 0 saturated heterocycles. The molecule has 1 heterocycles. The number of ether oxygens (including phenoxy) is 1. The molecule has 3 rings (SSSR count). The Labute approximate surface area is 175 Å². The zero-order chi connectivity index (χ0) is 21.3. The summed E-state index contributed by atoms with van der Waals surface area (Å²) in [5.74, 6) is -0.0564. The number of benzene rings is 2. The van der Waals surface area contributed by atoms with Crippen LogP contribution in [0.15, 0.2) is 77.7 Å². The molecule has 2 aromatic carbocycles. The first kappa shape index (κ1) is 21.0. The van der Waals surface area contributed by atoms with Crippen LogP contribution in [0.3, 0.4) is 0 Å². The Morgan fingerprint density at radius 2 is 1.63 bits per heavy atom. The first-order valence-corrected chi connectivity index (χ1v) is 9.74. The fraction of sp³-hybridized carbons (Fsp3) is 0.208. The van der Waals surface area contributed by atoms with Crippen LogP contribution in [-0.4, -0.2) is 16.3 Å². The number of carbonyl (C=O) groups is 2. The molecule has 1 amide bonds. The second kappa shape index (κ2) is 10.2. The second-order valence-electron chi connectivity index (χ2n) is 6.94. The molecule has 1 aromatic heterocycles. The third-order valence-electron chi connectivity index (χ3n) is 4.68. The lowest BCUT2D eigenvalue weighted by atomic mass is 10.1. The van der Waals surface area contributed by atoms with Crippen molar-refractivity contribution >= 4 is 11.7 Å². The summed E-state index contributed by atoms with van der Waals surface area (Å²) >= 11 is 0. The number of carbonyl (C=O) groups excluding carboxylic acids is 2. The number of amides is 1. The van der Waals surface area contributed by atoms with Crippen molar-refractivity contribution in [1.29, 1.82) is 0 Å². The largest absolute Gasteiger partial charge is 0.483 e. The van der Waals surface area contributed by atoms with Crippen LogP contribution in [0, 0.1) is 0 Å². The summed E-state index contributed by atoms with van der Waals surface area (Å²) in [7, 11) is 1.79. The molecule has 0 atom stereocenters. The Balaban J connectivity index is 1.51. The number of aromatic nitrogens is 1. The zero-order valence-corrected chi connectivity index (χ0v) is 16.8. The number of hydrogen-bond donors (Lipinski definition) is 1. The molecule has 3 aromatic rings. The van der Waals surface area contributed by atoms with Crippen LogP contribution in [0.4, 0.5) is 0 Å². The highest BCUT2D eigenvalue weighted by atomic mass is 16.5. The van der Waals surface area contributed by atoms with E-state index in [2.05, 4.69) is 5.32 Å². The van der Waals surface area contributed by atoms with Gasteiger partial charge < -0.3 is 14.6 Å². The van der Waals surface area contributed by atoms with Crippen molar-refractivity contribution in [1.82, 2.24) is 9.88 Å². The van der Waals surface area contributed by atoms with Crippen molar-refractivity contribution in [2.75, 3.05) is 0 Å². The predicted octanol–water partition coefficient (Wildman–Crippen LogP) is 3.24. The Bertz CT molecular complexity index is 1060. The van der Waals surface area contributed by atoms with Crippen LogP contribution in [0.5, 0.6) is 5.75 Å². The molecule has 154 valence electrons. The third kappa shape index (κ3) is 5.91. The Morgan fingerprint density at radius 3 is 2.33 bits per heavy atom. The normalized spacial score (nSPS) is 10.4. The van der Waals surface area contributed by atoms with Crippen LogP contribution < -0.4 is 15.5 Å². The van der Waals surface area contributed by atoms with E-state index in [0.29, 0.717) is 17.9 Å². The molecular weight excluding hydrogens is 380 g/mol. The summed E-state index contributed by atoms with van der Waals surface area (Å²) in [6.45, 7) is 0.505. The van der Waals surface area contributed by atoms with Gasteiger partial charge in [0.25, 0.3) is 0 Å². The van der Waals surface area contributed by atoms with Gasteiger partial charge >= 0.3 is 0 Å². The van der Waals surface area contributed by atoms with E-state index in [9.17, 15) is 14.4 Å². The fourth-order valence-corrected chi connectivity index (χ4v) is 2.94. The number of nitrogens with zero attached hydrogens (tertiary/aromatic N) is 1. The average molecular weight is 404 g/mol. The lowest BCUT2D eigenvalue weighted by Crippen LogP contribution is -2.26. The number of hydrogen-bond acceptors (Lipinski definition) is 4. The van der Waals surface area contributed by atoms with Crippen LogP contribution in [-0.2, 0) is 25.0 Å². The van der Waals surface area contributed by atoms with Crippen LogP contribution >= 0.6 is 0 Å². The van der Waals surface area contributed by atoms with Crippen molar-refractivity contribution in [3.05, 3.63) is 100.0 Å². The van der Waals surface area contributed by atoms with E-state index in [1.807, 2.05) is 36.4 Å². The molecule has 30 heavy (non-hydrogen) atoms. The second-order valence-corrected chi connectivity index (χ2v) is 6.94. The zero-order valence-electron chi connectivity index (χ0n) is 16.8. The summed E-state index contributed by atoms with van der Waals surface area (Å²) in [5, 5.41) is 2.76. The van der Waals surface area contributed by atoms with Crippen molar-refractivity contribution in [2.24, 2.45) is 7.05 Å². The van der Waals surface area contributed by atoms with Gasteiger partial charge in [0.05, 0.1) is 12.7 Å². The number of nitrogens with one attached hydrogen (secondary N) is 1. The molecule has 1 N–H and O–H groups in total. The van der Waals surface area contributed by atoms with Gasteiger partial charge in [0.2, 0.25) is 11.3 Å². The van der Waals surface area contributed by atoms with Gasteiger partial charge in [-0.3, -0.25) is 14.4 Å². The summed E-state index contributed by atoms with van der Waals surface area (Å²) in [4.78, 5) is 36.5. The Hall–Kier alpha value is -3.67. The van der Waals surface area contributed by atoms with Gasteiger partial charge in [-0.05, 0) is 5.56 Å². The maximum absolute atomic E-state index is 12.3. The van der Waals surface area contributed by atoms with Gasteiger partial charge in [-0.15, -0.1) is 0 Å². The topological polar surface area (TPSA) is 77.4 Å². The van der Waals surface area contributed by atoms with Crippen molar-refractivity contribution in [3.63, 3.8) is 0 Å². The van der Waals surface area contributed by atoms with E-state index in [0.717, 1.165) is 5.56 Å². The Kier molecular flexibility index (Phi) is 7.16. The maximum Gasteiger partial charge on any atom is 0.223 e. The molecule has 6 nitrogen and oxygen atoms in total. The first-order chi connectivity index (χ1) is 14.5.